The summed E-state index contributed by atoms with van der Waals surface area (Å²) in [6.07, 6.45) is 0. The summed E-state index contributed by atoms with van der Waals surface area (Å²) in [7, 11) is 0. The molecule has 2 N–H and O–H groups in total. The van der Waals surface area contributed by atoms with Gasteiger partial charge in [-0.25, -0.2) is 4.79 Å². The second-order valence-corrected chi connectivity index (χ2v) is 4.11. The summed E-state index contributed by atoms with van der Waals surface area (Å²) in [5, 5.41) is 31.5. The molecule has 0 unspecified atom stereocenters. The molecule has 104 valence electrons. The third kappa shape index (κ3) is 3.13. The van der Waals surface area contributed by atoms with Crippen LogP contribution in [0.1, 0.15) is 15.9 Å². The third-order valence-corrected chi connectivity index (χ3v) is 2.71. The van der Waals surface area contributed by atoms with Gasteiger partial charge >= 0.3 is 5.97 Å². The van der Waals surface area contributed by atoms with Gasteiger partial charge in [-0.1, -0.05) is 6.07 Å². The zero-order valence-corrected chi connectivity index (χ0v) is 10.6. The molecule has 0 aliphatic carbocycles. The van der Waals surface area contributed by atoms with Crippen LogP contribution in [0.15, 0.2) is 42.5 Å². The summed E-state index contributed by atoms with van der Waals surface area (Å²) in [5.41, 5.74) is 0.577. The number of hydrogen-bond donors (Lipinski definition) is 2. The molecule has 0 aromatic heterocycles. The van der Waals surface area contributed by atoms with E-state index in [-0.39, 0.29) is 16.9 Å². The molecule has 0 aliphatic rings. The normalized spacial score (nSPS) is 9.67. The fourth-order valence-electron chi connectivity index (χ4n) is 1.75. The molecule has 7 nitrogen and oxygen atoms in total. The molecule has 2 rings (SSSR count). The first-order valence-electron chi connectivity index (χ1n) is 5.80. The maximum absolute atomic E-state index is 11.0. The highest BCUT2D eigenvalue weighted by molar-refractivity contribution is 5.90. The maximum Gasteiger partial charge on any atom is 0.335 e. The molecule has 0 aliphatic heterocycles. The lowest BCUT2D eigenvalue weighted by molar-refractivity contribution is -0.383. The summed E-state index contributed by atoms with van der Waals surface area (Å²) < 4.78 is 0. The predicted molar refractivity (Wildman–Crippen MR) is 74.5 cm³/mol. The quantitative estimate of drug-likeness (QED) is 0.658. The number of aromatic carboxylic acids is 1. The van der Waals surface area contributed by atoms with Crippen molar-refractivity contribution in [3.05, 3.63) is 63.7 Å². The van der Waals surface area contributed by atoms with Crippen LogP contribution in [0.2, 0.25) is 0 Å². The van der Waals surface area contributed by atoms with Crippen LogP contribution in [0.25, 0.3) is 0 Å². The fraction of sp³-hybridized carbons (Fsp3) is 0. The molecule has 0 bridgehead atoms. The number of nitrogens with zero attached hydrogens (tertiary/aromatic N) is 2. The number of nitriles is 1. The molecule has 0 fully saturated rings. The van der Waals surface area contributed by atoms with Crippen molar-refractivity contribution >= 4 is 23.0 Å². The molecule has 2 aromatic rings. The van der Waals surface area contributed by atoms with Crippen LogP contribution >= 0.6 is 0 Å². The summed E-state index contributed by atoms with van der Waals surface area (Å²) >= 11 is 0. The van der Waals surface area contributed by atoms with E-state index in [0.29, 0.717) is 11.3 Å². The minimum absolute atomic E-state index is 0.0509. The van der Waals surface area contributed by atoms with Crippen LogP contribution < -0.4 is 5.32 Å². The number of carboxylic acids is 1. The highest BCUT2D eigenvalue weighted by Gasteiger charge is 2.16. The highest BCUT2D eigenvalue weighted by atomic mass is 16.6. The molecular weight excluding hydrogens is 274 g/mol. The van der Waals surface area contributed by atoms with E-state index in [4.69, 9.17) is 10.4 Å². The van der Waals surface area contributed by atoms with E-state index in [1.165, 1.54) is 12.1 Å². The van der Waals surface area contributed by atoms with Gasteiger partial charge in [-0.2, -0.15) is 5.26 Å². The van der Waals surface area contributed by atoms with E-state index in [0.717, 1.165) is 12.1 Å². The number of carbonyl (C=O) groups is 1. The fourth-order valence-corrected chi connectivity index (χ4v) is 1.75. The van der Waals surface area contributed by atoms with Gasteiger partial charge in [0.2, 0.25) is 0 Å². The van der Waals surface area contributed by atoms with Gasteiger partial charge in [-0.15, -0.1) is 0 Å². The van der Waals surface area contributed by atoms with Crippen molar-refractivity contribution in [2.75, 3.05) is 5.32 Å². The number of anilines is 2. The minimum atomic E-state index is -1.18. The Bertz CT molecular complexity index is 765. The average Bonchev–Trinajstić information content (AvgIpc) is 2.47. The lowest BCUT2D eigenvalue weighted by atomic mass is 10.1. The van der Waals surface area contributed by atoms with Gasteiger partial charge in [0, 0.05) is 11.8 Å². The molecule has 2 aromatic carbocycles. The van der Waals surface area contributed by atoms with Crippen LogP contribution in [0.3, 0.4) is 0 Å². The first-order chi connectivity index (χ1) is 10.0. The van der Waals surface area contributed by atoms with Crippen LogP contribution in [0, 0.1) is 21.4 Å². The Labute approximate surface area is 119 Å². The van der Waals surface area contributed by atoms with E-state index < -0.39 is 10.9 Å². The molecule has 21 heavy (non-hydrogen) atoms. The van der Waals surface area contributed by atoms with Crippen molar-refractivity contribution in [3.63, 3.8) is 0 Å². The van der Waals surface area contributed by atoms with Crippen LogP contribution in [-0.4, -0.2) is 16.0 Å². The number of nitrogens with one attached hydrogen (secondary N) is 1. The Kier molecular flexibility index (Phi) is 3.81. The Hall–Kier alpha value is -3.40. The molecule has 0 heterocycles. The summed E-state index contributed by atoms with van der Waals surface area (Å²) in [6.45, 7) is 0. The largest absolute Gasteiger partial charge is 0.478 e. The Morgan fingerprint density at radius 1 is 1.29 bits per heavy atom. The van der Waals surface area contributed by atoms with Crippen molar-refractivity contribution in [1.29, 1.82) is 5.26 Å². The molecule has 0 radical (unpaired) electrons. The van der Waals surface area contributed by atoms with Crippen LogP contribution in [-0.2, 0) is 0 Å². The van der Waals surface area contributed by atoms with Gasteiger partial charge in [-0.3, -0.25) is 10.1 Å². The number of hydrogen-bond acceptors (Lipinski definition) is 5. The number of nitro benzene ring substituents is 1. The van der Waals surface area contributed by atoms with Crippen molar-refractivity contribution < 1.29 is 14.8 Å². The smallest absolute Gasteiger partial charge is 0.335 e. The zero-order chi connectivity index (χ0) is 15.4. The number of nitro groups is 1. The molecular formula is C14H9N3O4. The van der Waals surface area contributed by atoms with Gasteiger partial charge in [-0.05, 0) is 30.3 Å². The molecule has 7 heteroatoms. The van der Waals surface area contributed by atoms with E-state index in [1.54, 1.807) is 18.2 Å². The van der Waals surface area contributed by atoms with Gasteiger partial charge in [0.25, 0.3) is 5.69 Å². The van der Waals surface area contributed by atoms with Crippen molar-refractivity contribution in [1.82, 2.24) is 0 Å². The van der Waals surface area contributed by atoms with E-state index >= 15 is 0 Å². The van der Waals surface area contributed by atoms with Crippen molar-refractivity contribution in [2.24, 2.45) is 0 Å². The summed E-state index contributed by atoms with van der Waals surface area (Å²) in [6, 6.07) is 11.8. The van der Waals surface area contributed by atoms with Crippen LogP contribution in [0.5, 0.6) is 0 Å². The third-order valence-electron chi connectivity index (χ3n) is 2.71. The monoisotopic (exact) mass is 283 g/mol. The molecule has 0 spiro atoms. The van der Waals surface area contributed by atoms with E-state index in [9.17, 15) is 14.9 Å². The highest BCUT2D eigenvalue weighted by Crippen LogP contribution is 2.29. The van der Waals surface area contributed by atoms with Crippen molar-refractivity contribution in [2.45, 2.75) is 0 Å². The standard InChI is InChI=1S/C14H9N3O4/c15-8-9-2-1-3-11(6-9)16-12-7-10(14(18)19)4-5-13(12)17(20)21/h1-7,16H,(H,18,19). The lowest BCUT2D eigenvalue weighted by Gasteiger charge is -2.08. The Morgan fingerprint density at radius 3 is 2.67 bits per heavy atom. The first-order valence-corrected chi connectivity index (χ1v) is 5.80. The molecule has 0 amide bonds. The first kappa shape index (κ1) is 14.0. The molecule has 0 saturated heterocycles. The Morgan fingerprint density at radius 2 is 2.05 bits per heavy atom. The van der Waals surface area contributed by atoms with Gasteiger partial charge < -0.3 is 10.4 Å². The number of benzene rings is 2. The second-order valence-electron chi connectivity index (χ2n) is 4.11. The molecule has 0 atom stereocenters. The topological polar surface area (TPSA) is 116 Å². The minimum Gasteiger partial charge on any atom is -0.478 e. The molecule has 0 saturated carbocycles. The van der Waals surface area contributed by atoms with E-state index in [2.05, 4.69) is 5.32 Å². The van der Waals surface area contributed by atoms with Gasteiger partial charge in [0.15, 0.2) is 0 Å². The van der Waals surface area contributed by atoms with Crippen LogP contribution in [0.4, 0.5) is 17.1 Å². The second kappa shape index (κ2) is 5.71. The summed E-state index contributed by atoms with van der Waals surface area (Å²) in [4.78, 5) is 21.3. The zero-order valence-electron chi connectivity index (χ0n) is 10.6. The van der Waals surface area contributed by atoms with E-state index in [1.807, 2.05) is 6.07 Å². The average molecular weight is 283 g/mol. The SMILES string of the molecule is N#Cc1cccc(Nc2cc(C(=O)O)ccc2[N+](=O)[O-])c1. The summed E-state index contributed by atoms with van der Waals surface area (Å²) in [5.74, 6) is -1.18. The predicted octanol–water partition coefficient (Wildman–Crippen LogP) is 2.91. The number of rotatable bonds is 4. The van der Waals surface area contributed by atoms with Crippen molar-refractivity contribution in [3.8, 4) is 6.07 Å². The Balaban J connectivity index is 2.45. The lowest BCUT2D eigenvalue weighted by Crippen LogP contribution is -2.02. The van der Waals surface area contributed by atoms with Gasteiger partial charge in [0.1, 0.15) is 5.69 Å². The maximum atomic E-state index is 11.0. The van der Waals surface area contributed by atoms with Gasteiger partial charge in [0.05, 0.1) is 22.1 Å². The number of carboxylic acid groups (broad SMARTS) is 1.